The SMILES string of the molecule is CCCCC/C=C\C/C=C\CCCCCCCC(=O)OCCCCCCCCCCCC(=O)NC(CO)C(O)CCCCCCCCCCCCCCCCCCCCCCCCCC. The van der Waals surface area contributed by atoms with E-state index in [0.29, 0.717) is 25.9 Å². The number of nitrogens with one attached hydrogen (secondary N) is 1. The smallest absolute Gasteiger partial charge is 0.305 e. The van der Waals surface area contributed by atoms with Crippen LogP contribution in [0.1, 0.15) is 316 Å². The maximum Gasteiger partial charge on any atom is 0.305 e. The van der Waals surface area contributed by atoms with Crippen LogP contribution in [0, 0.1) is 0 Å². The Morgan fingerprint density at radius 2 is 0.769 bits per heavy atom. The van der Waals surface area contributed by atoms with E-state index in [9.17, 15) is 19.8 Å². The first-order chi connectivity index (χ1) is 32.0. The van der Waals surface area contributed by atoms with E-state index in [1.807, 2.05) is 0 Å². The Morgan fingerprint density at radius 3 is 1.20 bits per heavy atom. The highest BCUT2D eigenvalue weighted by Gasteiger charge is 2.20. The summed E-state index contributed by atoms with van der Waals surface area (Å²) < 4.78 is 5.45. The molecule has 0 aliphatic carbocycles. The molecule has 0 heterocycles. The molecular formula is C59H113NO5. The number of ether oxygens (including phenoxy) is 1. The molecule has 0 aromatic heterocycles. The quantitative estimate of drug-likeness (QED) is 0.0321. The number of amides is 1. The average molecular weight is 917 g/mol. The van der Waals surface area contributed by atoms with Crippen LogP contribution in [0.15, 0.2) is 24.3 Å². The lowest BCUT2D eigenvalue weighted by atomic mass is 10.0. The summed E-state index contributed by atoms with van der Waals surface area (Å²) >= 11 is 0. The number of allylic oxidation sites excluding steroid dienone is 4. The van der Waals surface area contributed by atoms with Crippen LogP contribution >= 0.6 is 0 Å². The van der Waals surface area contributed by atoms with Crippen molar-refractivity contribution in [3.05, 3.63) is 24.3 Å². The van der Waals surface area contributed by atoms with Gasteiger partial charge in [0.15, 0.2) is 0 Å². The van der Waals surface area contributed by atoms with Crippen molar-refractivity contribution in [1.82, 2.24) is 5.32 Å². The summed E-state index contributed by atoms with van der Waals surface area (Å²) in [6, 6.07) is -0.564. The predicted molar refractivity (Wildman–Crippen MR) is 283 cm³/mol. The summed E-state index contributed by atoms with van der Waals surface area (Å²) in [5.41, 5.74) is 0. The molecule has 0 saturated heterocycles. The molecule has 3 N–H and O–H groups in total. The molecule has 0 rings (SSSR count). The van der Waals surface area contributed by atoms with Gasteiger partial charge in [-0.1, -0.05) is 269 Å². The minimum atomic E-state index is -0.684. The number of carbonyl (C=O) groups excluding carboxylic acids is 2. The molecule has 0 bridgehead atoms. The number of aliphatic hydroxyl groups excluding tert-OH is 2. The van der Waals surface area contributed by atoms with Gasteiger partial charge in [0, 0.05) is 12.8 Å². The van der Waals surface area contributed by atoms with Crippen LogP contribution in [0.5, 0.6) is 0 Å². The van der Waals surface area contributed by atoms with E-state index in [1.54, 1.807) is 0 Å². The Labute approximate surface area is 405 Å². The summed E-state index contributed by atoms with van der Waals surface area (Å²) in [4.78, 5) is 24.6. The molecule has 0 radical (unpaired) electrons. The van der Waals surface area contributed by atoms with Crippen molar-refractivity contribution in [3.63, 3.8) is 0 Å². The molecule has 0 saturated carbocycles. The largest absolute Gasteiger partial charge is 0.466 e. The summed E-state index contributed by atoms with van der Waals surface area (Å²) in [5, 5.41) is 23.3. The van der Waals surface area contributed by atoms with E-state index >= 15 is 0 Å². The third-order valence-corrected chi connectivity index (χ3v) is 13.5. The van der Waals surface area contributed by atoms with Gasteiger partial charge in [0.1, 0.15) is 0 Å². The van der Waals surface area contributed by atoms with Gasteiger partial charge in [0.05, 0.1) is 25.4 Å². The highest BCUT2D eigenvalue weighted by molar-refractivity contribution is 5.76. The lowest BCUT2D eigenvalue weighted by Crippen LogP contribution is -2.45. The second kappa shape index (κ2) is 54.9. The molecule has 0 fully saturated rings. The molecule has 0 aromatic rings. The van der Waals surface area contributed by atoms with Gasteiger partial charge in [-0.05, 0) is 57.8 Å². The minimum Gasteiger partial charge on any atom is -0.466 e. The molecule has 0 spiro atoms. The van der Waals surface area contributed by atoms with E-state index < -0.39 is 12.1 Å². The maximum atomic E-state index is 12.5. The Kier molecular flexibility index (Phi) is 53.5. The van der Waals surface area contributed by atoms with Gasteiger partial charge in [-0.2, -0.15) is 0 Å². The van der Waals surface area contributed by atoms with Crippen molar-refractivity contribution >= 4 is 11.9 Å². The minimum absolute atomic E-state index is 0.0379. The van der Waals surface area contributed by atoms with Crippen molar-refractivity contribution in [2.75, 3.05) is 13.2 Å². The molecule has 65 heavy (non-hydrogen) atoms. The van der Waals surface area contributed by atoms with E-state index in [0.717, 1.165) is 70.6 Å². The number of unbranched alkanes of at least 4 members (excludes halogenated alkanes) is 39. The Morgan fingerprint density at radius 1 is 0.431 bits per heavy atom. The van der Waals surface area contributed by atoms with Crippen LogP contribution in [0.3, 0.4) is 0 Å². The Hall–Kier alpha value is -1.66. The first-order valence-corrected chi connectivity index (χ1v) is 29.1. The van der Waals surface area contributed by atoms with Crippen LogP contribution in [-0.4, -0.2) is 47.4 Å². The van der Waals surface area contributed by atoms with E-state index in [1.165, 1.54) is 212 Å². The predicted octanol–water partition coefficient (Wildman–Crippen LogP) is 17.9. The van der Waals surface area contributed by atoms with Crippen LogP contribution in [0.2, 0.25) is 0 Å². The average Bonchev–Trinajstić information content (AvgIpc) is 3.31. The van der Waals surface area contributed by atoms with Crippen LogP contribution in [0.4, 0.5) is 0 Å². The monoisotopic (exact) mass is 916 g/mol. The second-order valence-corrected chi connectivity index (χ2v) is 20.0. The molecule has 2 atom stereocenters. The van der Waals surface area contributed by atoms with Crippen molar-refractivity contribution in [2.24, 2.45) is 0 Å². The van der Waals surface area contributed by atoms with Gasteiger partial charge in [-0.15, -0.1) is 0 Å². The molecule has 6 nitrogen and oxygen atoms in total. The van der Waals surface area contributed by atoms with E-state index in [2.05, 4.69) is 43.5 Å². The zero-order valence-corrected chi connectivity index (χ0v) is 43.7. The molecule has 2 unspecified atom stereocenters. The fraction of sp³-hybridized carbons (Fsp3) is 0.898. The summed E-state index contributed by atoms with van der Waals surface area (Å²) in [6.45, 7) is 4.88. The number of rotatable bonds is 54. The lowest BCUT2D eigenvalue weighted by molar-refractivity contribution is -0.143. The van der Waals surface area contributed by atoms with Crippen LogP contribution in [-0.2, 0) is 14.3 Å². The maximum absolute atomic E-state index is 12.5. The van der Waals surface area contributed by atoms with Gasteiger partial charge >= 0.3 is 5.97 Å². The van der Waals surface area contributed by atoms with Gasteiger partial charge in [-0.25, -0.2) is 0 Å². The number of esters is 1. The third kappa shape index (κ3) is 51.6. The number of aliphatic hydroxyl groups is 2. The molecule has 1 amide bonds. The van der Waals surface area contributed by atoms with Gasteiger partial charge in [0.25, 0.3) is 0 Å². The second-order valence-electron chi connectivity index (χ2n) is 20.0. The van der Waals surface area contributed by atoms with E-state index in [-0.39, 0.29) is 18.5 Å². The fourth-order valence-corrected chi connectivity index (χ4v) is 9.02. The van der Waals surface area contributed by atoms with Crippen LogP contribution < -0.4 is 5.32 Å². The van der Waals surface area contributed by atoms with Crippen LogP contribution in [0.25, 0.3) is 0 Å². The first-order valence-electron chi connectivity index (χ1n) is 29.1. The van der Waals surface area contributed by atoms with Gasteiger partial charge in [-0.3, -0.25) is 9.59 Å². The topological polar surface area (TPSA) is 95.9 Å². The molecule has 384 valence electrons. The highest BCUT2D eigenvalue weighted by Crippen LogP contribution is 2.17. The molecular weight excluding hydrogens is 803 g/mol. The summed E-state index contributed by atoms with van der Waals surface area (Å²) in [6.07, 6.45) is 65.9. The number of hydrogen-bond acceptors (Lipinski definition) is 5. The van der Waals surface area contributed by atoms with Crippen molar-refractivity contribution in [1.29, 1.82) is 0 Å². The number of carbonyl (C=O) groups is 2. The molecule has 0 aromatic carbocycles. The fourth-order valence-electron chi connectivity index (χ4n) is 9.02. The third-order valence-electron chi connectivity index (χ3n) is 13.5. The highest BCUT2D eigenvalue weighted by atomic mass is 16.5. The summed E-state index contributed by atoms with van der Waals surface area (Å²) in [7, 11) is 0. The molecule has 0 aliphatic rings. The van der Waals surface area contributed by atoms with Gasteiger partial charge < -0.3 is 20.3 Å². The number of hydrogen-bond donors (Lipinski definition) is 3. The zero-order valence-electron chi connectivity index (χ0n) is 43.7. The zero-order chi connectivity index (χ0) is 47.2. The van der Waals surface area contributed by atoms with E-state index in [4.69, 9.17) is 4.74 Å². The summed E-state index contributed by atoms with van der Waals surface area (Å²) in [5.74, 6) is -0.0986. The first kappa shape index (κ1) is 63.3. The molecule has 0 aliphatic heterocycles. The Balaban J connectivity index is 3.48. The lowest BCUT2D eigenvalue weighted by Gasteiger charge is -2.22. The van der Waals surface area contributed by atoms with Crippen molar-refractivity contribution in [2.45, 2.75) is 328 Å². The normalized spacial score (nSPS) is 12.7. The van der Waals surface area contributed by atoms with Crippen molar-refractivity contribution < 1.29 is 24.5 Å². The Bertz CT molecular complexity index is 1010. The standard InChI is InChI=1S/C59H113NO5/c1-3-5-7-9-11-13-15-17-19-20-21-22-23-24-25-26-27-29-30-32-35-39-43-47-51-57(62)56(55-61)60-58(63)52-48-44-40-36-34-38-42-46-50-54-65-59(64)53-49-45-41-37-33-31-28-18-16-14-12-10-8-6-4-2/h12,14,18,28,56-57,61-62H,3-11,13,15-17,19-27,29-55H2,1-2H3,(H,60,63)/b14-12-,28-18-. The van der Waals surface area contributed by atoms with Gasteiger partial charge in [0.2, 0.25) is 5.91 Å². The van der Waals surface area contributed by atoms with Crippen molar-refractivity contribution in [3.8, 4) is 0 Å². The molecule has 6 heteroatoms.